The second-order valence-corrected chi connectivity index (χ2v) is 3.89. The summed E-state index contributed by atoms with van der Waals surface area (Å²) in [7, 11) is 1.87. The Morgan fingerprint density at radius 2 is 2.33 bits per heavy atom. The lowest BCUT2D eigenvalue weighted by Gasteiger charge is -2.08. The topological polar surface area (TPSA) is 46.1 Å². The van der Waals surface area contributed by atoms with Crippen LogP contribution in [0.15, 0.2) is 18.3 Å². The molecule has 0 aromatic carbocycles. The van der Waals surface area contributed by atoms with Crippen molar-refractivity contribution in [1.82, 2.24) is 15.2 Å². The molecule has 0 bridgehead atoms. The minimum absolute atomic E-state index is 0.0298. The molecule has 4 nitrogen and oxygen atoms in total. The van der Waals surface area contributed by atoms with Gasteiger partial charge in [0.15, 0.2) is 0 Å². The molecule has 1 aliphatic carbocycles. The molecule has 1 saturated carbocycles. The summed E-state index contributed by atoms with van der Waals surface area (Å²) in [5.74, 6) is 0.0298. The van der Waals surface area contributed by atoms with Gasteiger partial charge in [0, 0.05) is 25.3 Å². The van der Waals surface area contributed by atoms with Gasteiger partial charge in [-0.1, -0.05) is 0 Å². The van der Waals surface area contributed by atoms with Crippen LogP contribution < -0.4 is 10.6 Å². The van der Waals surface area contributed by atoms with Crippen LogP contribution in [0.5, 0.6) is 0 Å². The molecule has 1 amide bonds. The molecular weight excluding hydrogens is 190 g/mol. The molecule has 0 saturated heterocycles. The van der Waals surface area contributed by atoms with Crippen molar-refractivity contribution in [2.75, 3.05) is 20.1 Å². The smallest absolute Gasteiger partial charge is 0.267 e. The number of amides is 1. The zero-order chi connectivity index (χ0) is 10.7. The van der Waals surface area contributed by atoms with Crippen molar-refractivity contribution in [3.63, 3.8) is 0 Å². The highest BCUT2D eigenvalue weighted by molar-refractivity contribution is 5.92. The second kappa shape index (κ2) is 4.49. The van der Waals surface area contributed by atoms with E-state index in [9.17, 15) is 4.79 Å². The molecule has 1 aromatic heterocycles. The number of aromatic nitrogens is 1. The molecule has 15 heavy (non-hydrogen) atoms. The number of rotatable bonds is 5. The third kappa shape index (κ3) is 2.39. The number of hydrogen-bond acceptors (Lipinski definition) is 2. The SMILES string of the molecule is CNCCNC(=O)c1cccn1C1CC1. The molecule has 1 aliphatic rings. The maximum atomic E-state index is 11.8. The minimum Gasteiger partial charge on any atom is -0.349 e. The Balaban J connectivity index is 1.95. The van der Waals surface area contributed by atoms with E-state index in [0.717, 1.165) is 12.2 Å². The second-order valence-electron chi connectivity index (χ2n) is 3.89. The molecule has 0 unspecified atom stereocenters. The standard InChI is InChI=1S/C11H17N3O/c1-12-6-7-13-11(15)10-3-2-8-14(10)9-4-5-9/h2-3,8-9,12H,4-7H2,1H3,(H,13,15). The third-order valence-electron chi connectivity index (χ3n) is 2.61. The van der Waals surface area contributed by atoms with E-state index in [1.165, 1.54) is 12.8 Å². The predicted octanol–water partition coefficient (Wildman–Crippen LogP) is 0.772. The summed E-state index contributed by atoms with van der Waals surface area (Å²) >= 11 is 0. The van der Waals surface area contributed by atoms with Gasteiger partial charge in [-0.05, 0) is 32.0 Å². The zero-order valence-corrected chi connectivity index (χ0v) is 8.99. The quantitative estimate of drug-likeness (QED) is 0.701. The molecule has 0 radical (unpaired) electrons. The Morgan fingerprint density at radius 3 is 3.00 bits per heavy atom. The molecule has 2 N–H and O–H groups in total. The van der Waals surface area contributed by atoms with Gasteiger partial charge in [0.2, 0.25) is 0 Å². The number of hydrogen-bond donors (Lipinski definition) is 2. The predicted molar refractivity (Wildman–Crippen MR) is 59.0 cm³/mol. The first-order valence-corrected chi connectivity index (χ1v) is 5.42. The van der Waals surface area contributed by atoms with Crippen molar-refractivity contribution in [3.8, 4) is 0 Å². The van der Waals surface area contributed by atoms with Crippen LogP contribution in [0, 0.1) is 0 Å². The van der Waals surface area contributed by atoms with E-state index in [1.54, 1.807) is 0 Å². The van der Waals surface area contributed by atoms with Crippen LogP contribution in [0.25, 0.3) is 0 Å². The van der Waals surface area contributed by atoms with Crippen LogP contribution in [0.4, 0.5) is 0 Å². The van der Waals surface area contributed by atoms with Crippen LogP contribution >= 0.6 is 0 Å². The van der Waals surface area contributed by atoms with E-state index in [1.807, 2.05) is 25.4 Å². The van der Waals surface area contributed by atoms with Crippen molar-refractivity contribution < 1.29 is 4.79 Å². The zero-order valence-electron chi connectivity index (χ0n) is 8.99. The van der Waals surface area contributed by atoms with Crippen LogP contribution in [0.2, 0.25) is 0 Å². The number of nitrogens with zero attached hydrogens (tertiary/aromatic N) is 1. The van der Waals surface area contributed by atoms with Crippen molar-refractivity contribution >= 4 is 5.91 Å². The monoisotopic (exact) mass is 207 g/mol. The van der Waals surface area contributed by atoms with Crippen molar-refractivity contribution in [2.45, 2.75) is 18.9 Å². The Kier molecular flexibility index (Phi) is 3.06. The van der Waals surface area contributed by atoms with Gasteiger partial charge in [0.05, 0.1) is 0 Å². The van der Waals surface area contributed by atoms with Crippen molar-refractivity contribution in [3.05, 3.63) is 24.0 Å². The lowest BCUT2D eigenvalue weighted by Crippen LogP contribution is -2.31. The van der Waals surface area contributed by atoms with E-state index in [2.05, 4.69) is 15.2 Å². The molecule has 0 spiro atoms. The fourth-order valence-electron chi connectivity index (χ4n) is 1.65. The molecule has 4 heteroatoms. The largest absolute Gasteiger partial charge is 0.349 e. The third-order valence-corrected chi connectivity index (χ3v) is 2.61. The average Bonchev–Trinajstić information content (AvgIpc) is 2.96. The van der Waals surface area contributed by atoms with Crippen LogP contribution in [0.1, 0.15) is 29.4 Å². The fourth-order valence-corrected chi connectivity index (χ4v) is 1.65. The molecule has 1 heterocycles. The van der Waals surface area contributed by atoms with E-state index in [-0.39, 0.29) is 5.91 Å². The van der Waals surface area contributed by atoms with Gasteiger partial charge in [-0.2, -0.15) is 0 Å². The highest BCUT2D eigenvalue weighted by Crippen LogP contribution is 2.35. The van der Waals surface area contributed by atoms with E-state index in [4.69, 9.17) is 0 Å². The summed E-state index contributed by atoms with van der Waals surface area (Å²) in [5.41, 5.74) is 0.786. The maximum absolute atomic E-state index is 11.8. The van der Waals surface area contributed by atoms with Gasteiger partial charge in [-0.25, -0.2) is 0 Å². The number of nitrogens with one attached hydrogen (secondary N) is 2. The minimum atomic E-state index is 0.0298. The average molecular weight is 207 g/mol. The maximum Gasteiger partial charge on any atom is 0.267 e. The summed E-state index contributed by atoms with van der Waals surface area (Å²) < 4.78 is 2.08. The lowest BCUT2D eigenvalue weighted by molar-refractivity contribution is 0.0944. The first-order valence-electron chi connectivity index (χ1n) is 5.42. The number of likely N-dealkylation sites (N-methyl/N-ethyl adjacent to an activating group) is 1. The van der Waals surface area contributed by atoms with Gasteiger partial charge in [-0.3, -0.25) is 4.79 Å². The summed E-state index contributed by atoms with van der Waals surface area (Å²) in [6.07, 6.45) is 4.39. The van der Waals surface area contributed by atoms with Gasteiger partial charge in [0.1, 0.15) is 5.69 Å². The first kappa shape index (κ1) is 10.2. The molecular formula is C11H17N3O. The Morgan fingerprint density at radius 1 is 1.53 bits per heavy atom. The fraction of sp³-hybridized carbons (Fsp3) is 0.545. The van der Waals surface area contributed by atoms with E-state index >= 15 is 0 Å². The Hall–Kier alpha value is -1.29. The molecule has 0 aliphatic heterocycles. The van der Waals surface area contributed by atoms with Gasteiger partial charge >= 0.3 is 0 Å². The molecule has 1 aromatic rings. The van der Waals surface area contributed by atoms with Gasteiger partial charge < -0.3 is 15.2 Å². The summed E-state index contributed by atoms with van der Waals surface area (Å²) in [4.78, 5) is 11.8. The first-order chi connectivity index (χ1) is 7.33. The number of carbonyl (C=O) groups is 1. The summed E-state index contributed by atoms with van der Waals surface area (Å²) in [5, 5.41) is 5.88. The molecule has 0 atom stereocenters. The summed E-state index contributed by atoms with van der Waals surface area (Å²) in [6.45, 7) is 1.47. The van der Waals surface area contributed by atoms with Crippen molar-refractivity contribution in [1.29, 1.82) is 0 Å². The van der Waals surface area contributed by atoms with Gasteiger partial charge in [0.25, 0.3) is 5.91 Å². The van der Waals surface area contributed by atoms with E-state index < -0.39 is 0 Å². The van der Waals surface area contributed by atoms with Crippen LogP contribution in [-0.4, -0.2) is 30.6 Å². The molecule has 1 fully saturated rings. The normalized spacial score (nSPS) is 15.3. The Labute approximate surface area is 89.7 Å². The number of carbonyl (C=O) groups excluding carboxylic acids is 1. The highest BCUT2D eigenvalue weighted by Gasteiger charge is 2.26. The molecule has 2 rings (SSSR count). The van der Waals surface area contributed by atoms with Crippen LogP contribution in [-0.2, 0) is 0 Å². The molecule has 82 valence electrons. The van der Waals surface area contributed by atoms with Crippen molar-refractivity contribution in [2.24, 2.45) is 0 Å². The van der Waals surface area contributed by atoms with Gasteiger partial charge in [-0.15, -0.1) is 0 Å². The summed E-state index contributed by atoms with van der Waals surface area (Å²) in [6, 6.07) is 4.38. The Bertz CT molecular complexity index is 341. The van der Waals surface area contributed by atoms with Crippen LogP contribution in [0.3, 0.4) is 0 Å². The highest BCUT2D eigenvalue weighted by atomic mass is 16.1. The lowest BCUT2D eigenvalue weighted by atomic mass is 10.4. The van der Waals surface area contributed by atoms with E-state index in [0.29, 0.717) is 12.6 Å².